The van der Waals surface area contributed by atoms with E-state index in [2.05, 4.69) is 5.10 Å². The van der Waals surface area contributed by atoms with Gasteiger partial charge in [-0.1, -0.05) is 42.0 Å². The number of phenols is 1. The second-order valence-electron chi connectivity index (χ2n) is 11.0. The van der Waals surface area contributed by atoms with Crippen LogP contribution in [0.15, 0.2) is 83.8 Å². The Kier molecular flexibility index (Phi) is 7.70. The quantitative estimate of drug-likeness (QED) is 0.335. The predicted octanol–water partition coefficient (Wildman–Crippen LogP) is 5.76. The number of hydrogen-bond donors (Lipinski definition) is 1. The van der Waals surface area contributed by atoms with Gasteiger partial charge < -0.3 is 24.4 Å². The minimum absolute atomic E-state index is 0.156. The average molecular weight is 555 g/mol. The molecule has 1 N–H and O–H groups in total. The molecule has 5 rings (SSSR count). The smallest absolute Gasteiger partial charge is 0.410 e. The summed E-state index contributed by atoms with van der Waals surface area (Å²) in [6, 6.07) is 21.9. The summed E-state index contributed by atoms with van der Waals surface area (Å²) in [6.45, 7) is 9.38. The number of phenolic OH excluding ortho intramolecular Hbond substituents is 1. The lowest BCUT2D eigenvalue weighted by Crippen LogP contribution is -2.50. The second kappa shape index (κ2) is 11.4. The van der Waals surface area contributed by atoms with Crippen LogP contribution in [0.25, 0.3) is 16.8 Å². The molecular weight excluding hydrogens is 520 g/mol. The van der Waals surface area contributed by atoms with Crippen LogP contribution in [0.3, 0.4) is 0 Å². The van der Waals surface area contributed by atoms with Gasteiger partial charge in [0.25, 0.3) is 0 Å². The molecule has 9 heteroatoms. The Hall–Kier alpha value is -4.79. The molecule has 41 heavy (non-hydrogen) atoms. The van der Waals surface area contributed by atoms with Gasteiger partial charge in [-0.15, -0.1) is 0 Å². The highest BCUT2D eigenvalue weighted by Gasteiger charge is 2.28. The molecule has 0 atom stereocenters. The van der Waals surface area contributed by atoms with Crippen molar-refractivity contribution in [1.29, 1.82) is 0 Å². The Morgan fingerprint density at radius 1 is 0.854 bits per heavy atom. The first-order chi connectivity index (χ1) is 19.6. The molecule has 2 heterocycles. The number of carbonyl (C=O) groups excluding carboxylic acids is 1. The monoisotopic (exact) mass is 554 g/mol. The van der Waals surface area contributed by atoms with Gasteiger partial charge in [0.15, 0.2) is 0 Å². The lowest BCUT2D eigenvalue weighted by atomic mass is 10.1. The van der Waals surface area contributed by atoms with Gasteiger partial charge in [0, 0.05) is 26.2 Å². The molecule has 1 saturated heterocycles. The number of aromatic hydroxyl groups is 1. The third-order valence-corrected chi connectivity index (χ3v) is 6.74. The lowest BCUT2D eigenvalue weighted by molar-refractivity contribution is 0.0240. The number of ether oxygens (including phenoxy) is 2. The first-order valence-electron chi connectivity index (χ1n) is 13.6. The molecule has 212 valence electrons. The summed E-state index contributed by atoms with van der Waals surface area (Å²) in [7, 11) is 0. The van der Waals surface area contributed by atoms with E-state index in [4.69, 9.17) is 9.47 Å². The molecule has 3 aromatic carbocycles. The SMILES string of the molecule is Cc1ccc(-n2ncc(N3CCN(C(=O)OC(C)(C)C)CC3)c(Oc3ccc(-c4ccc(O)cc4)cc3)c2=O)cc1. The largest absolute Gasteiger partial charge is 0.508 e. The van der Waals surface area contributed by atoms with Crippen LogP contribution in [0.2, 0.25) is 0 Å². The number of piperazine rings is 1. The summed E-state index contributed by atoms with van der Waals surface area (Å²) in [5.41, 5.74) is 3.21. The van der Waals surface area contributed by atoms with Crippen molar-refractivity contribution in [3.8, 4) is 34.1 Å². The molecule has 4 aromatic rings. The Labute approximate surface area is 239 Å². The van der Waals surface area contributed by atoms with Gasteiger partial charge in [0.2, 0.25) is 5.75 Å². The fourth-order valence-electron chi connectivity index (χ4n) is 4.56. The summed E-state index contributed by atoms with van der Waals surface area (Å²) in [4.78, 5) is 30.1. The van der Waals surface area contributed by atoms with Crippen LogP contribution in [0.1, 0.15) is 26.3 Å². The number of benzene rings is 3. The maximum atomic E-state index is 13.8. The van der Waals surface area contributed by atoms with E-state index in [-0.39, 0.29) is 23.2 Å². The fourth-order valence-corrected chi connectivity index (χ4v) is 4.56. The highest BCUT2D eigenvalue weighted by Crippen LogP contribution is 2.31. The van der Waals surface area contributed by atoms with Crippen molar-refractivity contribution in [3.63, 3.8) is 0 Å². The van der Waals surface area contributed by atoms with Gasteiger partial charge >= 0.3 is 11.7 Å². The normalized spacial score (nSPS) is 13.7. The van der Waals surface area contributed by atoms with Crippen molar-refractivity contribution < 1.29 is 19.4 Å². The third-order valence-electron chi connectivity index (χ3n) is 6.74. The maximum absolute atomic E-state index is 13.8. The summed E-state index contributed by atoms with van der Waals surface area (Å²) < 4.78 is 13.1. The van der Waals surface area contributed by atoms with Crippen LogP contribution < -0.4 is 15.2 Å². The highest BCUT2D eigenvalue weighted by atomic mass is 16.6. The van der Waals surface area contributed by atoms with E-state index >= 15 is 0 Å². The minimum Gasteiger partial charge on any atom is -0.508 e. The number of nitrogens with zero attached hydrogens (tertiary/aromatic N) is 4. The van der Waals surface area contributed by atoms with Crippen molar-refractivity contribution in [3.05, 3.63) is 94.9 Å². The molecule has 1 amide bonds. The average Bonchev–Trinajstić information content (AvgIpc) is 2.95. The number of carbonyl (C=O) groups is 1. The summed E-state index contributed by atoms with van der Waals surface area (Å²) in [5, 5.41) is 14.1. The van der Waals surface area contributed by atoms with E-state index in [9.17, 15) is 14.7 Å². The van der Waals surface area contributed by atoms with Crippen molar-refractivity contribution >= 4 is 11.8 Å². The maximum Gasteiger partial charge on any atom is 0.410 e. The Balaban J connectivity index is 1.44. The van der Waals surface area contributed by atoms with Gasteiger partial charge in [-0.05, 0) is 75.2 Å². The molecule has 1 aromatic heterocycles. The summed E-state index contributed by atoms with van der Waals surface area (Å²) in [6.07, 6.45) is 1.29. The topological polar surface area (TPSA) is 97.1 Å². The van der Waals surface area contributed by atoms with Crippen LogP contribution in [0.4, 0.5) is 10.5 Å². The first-order valence-corrected chi connectivity index (χ1v) is 13.6. The third kappa shape index (κ3) is 6.51. The van der Waals surface area contributed by atoms with Crippen molar-refractivity contribution in [1.82, 2.24) is 14.7 Å². The van der Waals surface area contributed by atoms with Gasteiger partial charge in [-0.25, -0.2) is 4.79 Å². The van der Waals surface area contributed by atoms with Crippen LogP contribution in [-0.2, 0) is 4.74 Å². The Morgan fingerprint density at radius 3 is 2.02 bits per heavy atom. The summed E-state index contributed by atoms with van der Waals surface area (Å²) >= 11 is 0. The zero-order valence-corrected chi connectivity index (χ0v) is 23.7. The zero-order chi connectivity index (χ0) is 29.1. The van der Waals surface area contributed by atoms with E-state index in [0.29, 0.717) is 43.3 Å². The standard InChI is InChI=1S/C32H34N4O5/c1-22-5-11-25(12-6-22)36-30(38)29(40-27-15-9-24(10-16-27)23-7-13-26(37)14-8-23)28(21-33-36)34-17-19-35(20-18-34)31(39)41-32(2,3)4/h5-16,21,37H,17-20H2,1-4H3. The number of hydrogen-bond acceptors (Lipinski definition) is 7. The fraction of sp³-hybridized carbons (Fsp3) is 0.281. The van der Waals surface area contributed by atoms with Gasteiger partial charge in [-0.2, -0.15) is 9.78 Å². The Morgan fingerprint density at radius 2 is 1.44 bits per heavy atom. The molecule has 1 aliphatic heterocycles. The van der Waals surface area contributed by atoms with Crippen molar-refractivity contribution in [2.45, 2.75) is 33.3 Å². The number of anilines is 1. The Bertz CT molecular complexity index is 1570. The molecule has 0 saturated carbocycles. The number of aromatic nitrogens is 2. The summed E-state index contributed by atoms with van der Waals surface area (Å²) in [5.74, 6) is 0.860. The van der Waals surface area contributed by atoms with Gasteiger partial charge in [0.05, 0.1) is 11.9 Å². The van der Waals surface area contributed by atoms with Crippen LogP contribution >= 0.6 is 0 Å². The molecule has 1 aliphatic rings. The second-order valence-corrected chi connectivity index (χ2v) is 11.0. The molecule has 1 fully saturated rings. The predicted molar refractivity (Wildman–Crippen MR) is 158 cm³/mol. The number of aryl methyl sites for hydroxylation is 1. The number of amides is 1. The molecule has 0 bridgehead atoms. The van der Waals surface area contributed by atoms with E-state index in [1.807, 2.05) is 93.3 Å². The van der Waals surface area contributed by atoms with Crippen LogP contribution in [0, 0.1) is 6.92 Å². The molecular formula is C32H34N4O5. The highest BCUT2D eigenvalue weighted by molar-refractivity contribution is 5.69. The van der Waals surface area contributed by atoms with Gasteiger partial charge in [0.1, 0.15) is 22.8 Å². The molecule has 0 spiro atoms. The molecule has 0 unspecified atom stereocenters. The van der Waals surface area contributed by atoms with E-state index < -0.39 is 5.60 Å². The van der Waals surface area contributed by atoms with Crippen molar-refractivity contribution in [2.24, 2.45) is 0 Å². The van der Waals surface area contributed by atoms with Crippen molar-refractivity contribution in [2.75, 3.05) is 31.1 Å². The lowest BCUT2D eigenvalue weighted by Gasteiger charge is -2.37. The minimum atomic E-state index is -0.572. The molecule has 9 nitrogen and oxygen atoms in total. The van der Waals surface area contributed by atoms with E-state index in [0.717, 1.165) is 16.7 Å². The first kappa shape index (κ1) is 27.8. The van der Waals surface area contributed by atoms with E-state index in [1.54, 1.807) is 23.2 Å². The van der Waals surface area contributed by atoms with Crippen LogP contribution in [0.5, 0.6) is 17.2 Å². The van der Waals surface area contributed by atoms with Crippen LogP contribution in [-0.4, -0.2) is 57.7 Å². The molecule has 0 radical (unpaired) electrons. The number of rotatable bonds is 5. The zero-order valence-electron chi connectivity index (χ0n) is 23.7. The molecule has 0 aliphatic carbocycles. The van der Waals surface area contributed by atoms with E-state index in [1.165, 1.54) is 4.68 Å². The van der Waals surface area contributed by atoms with Gasteiger partial charge in [-0.3, -0.25) is 4.79 Å².